The van der Waals surface area contributed by atoms with Gasteiger partial charge in [0.1, 0.15) is 10.6 Å². The Morgan fingerprint density at radius 2 is 2.11 bits per heavy atom. The van der Waals surface area contributed by atoms with Crippen molar-refractivity contribution in [2.75, 3.05) is 44.9 Å². The van der Waals surface area contributed by atoms with Crippen molar-refractivity contribution in [3.63, 3.8) is 0 Å². The van der Waals surface area contributed by atoms with Gasteiger partial charge in [-0.15, -0.1) is 11.3 Å². The molecule has 0 aliphatic rings. The highest BCUT2D eigenvalue weighted by Gasteiger charge is 2.09. The molecule has 0 aliphatic heterocycles. The maximum atomic E-state index is 4.48. The van der Waals surface area contributed by atoms with Crippen molar-refractivity contribution in [2.45, 2.75) is 6.92 Å². The Balaban J connectivity index is 2.28. The summed E-state index contributed by atoms with van der Waals surface area (Å²) in [5.41, 5.74) is 0. The van der Waals surface area contributed by atoms with Gasteiger partial charge in [0.25, 0.3) is 0 Å². The van der Waals surface area contributed by atoms with Crippen LogP contribution in [0.25, 0.3) is 10.2 Å². The van der Waals surface area contributed by atoms with E-state index >= 15 is 0 Å². The zero-order valence-electron chi connectivity index (χ0n) is 11.2. The number of fused-ring (bicyclic) bond motifs is 1. The molecule has 0 amide bonds. The molecule has 0 saturated heterocycles. The molecule has 98 valence electrons. The van der Waals surface area contributed by atoms with Gasteiger partial charge >= 0.3 is 0 Å². The zero-order chi connectivity index (χ0) is 13.1. The first-order valence-corrected chi connectivity index (χ1v) is 6.76. The molecule has 0 aliphatic carbocycles. The number of aromatic nitrogens is 2. The van der Waals surface area contributed by atoms with Crippen LogP contribution in [0.5, 0.6) is 0 Å². The van der Waals surface area contributed by atoms with E-state index in [1.165, 1.54) is 4.88 Å². The number of hydrogen-bond donors (Lipinski definition) is 2. The Bertz CT molecular complexity index is 534. The van der Waals surface area contributed by atoms with Crippen molar-refractivity contribution in [2.24, 2.45) is 0 Å². The first kappa shape index (κ1) is 13.0. The lowest BCUT2D eigenvalue weighted by atomic mass is 10.3. The molecule has 0 fully saturated rings. The van der Waals surface area contributed by atoms with E-state index < -0.39 is 0 Å². The minimum atomic E-state index is 0.664. The Kier molecular flexibility index (Phi) is 3.98. The van der Waals surface area contributed by atoms with Crippen LogP contribution in [-0.2, 0) is 0 Å². The van der Waals surface area contributed by atoms with Crippen molar-refractivity contribution in [1.82, 2.24) is 14.9 Å². The Morgan fingerprint density at radius 3 is 2.78 bits per heavy atom. The second-order valence-electron chi connectivity index (χ2n) is 4.45. The zero-order valence-corrected chi connectivity index (χ0v) is 12.1. The third kappa shape index (κ3) is 2.88. The molecule has 2 rings (SSSR count). The molecule has 6 heteroatoms. The number of likely N-dealkylation sites (N-methyl/N-ethyl adjacent to an activating group) is 1. The summed E-state index contributed by atoms with van der Waals surface area (Å²) in [6.45, 7) is 3.94. The highest BCUT2D eigenvalue weighted by atomic mass is 32.1. The molecule has 0 saturated carbocycles. The third-order valence-corrected chi connectivity index (χ3v) is 3.54. The van der Waals surface area contributed by atoms with Crippen LogP contribution < -0.4 is 10.6 Å². The van der Waals surface area contributed by atoms with Gasteiger partial charge in [-0.2, -0.15) is 4.98 Å². The molecule has 0 radical (unpaired) electrons. The summed E-state index contributed by atoms with van der Waals surface area (Å²) in [6, 6.07) is 2.14. The Labute approximate surface area is 111 Å². The summed E-state index contributed by atoms with van der Waals surface area (Å²) in [6.07, 6.45) is 0. The Hall–Kier alpha value is -1.40. The lowest BCUT2D eigenvalue weighted by Crippen LogP contribution is -2.21. The largest absolute Gasteiger partial charge is 0.368 e. The lowest BCUT2D eigenvalue weighted by molar-refractivity contribution is 0.425. The van der Waals surface area contributed by atoms with Gasteiger partial charge < -0.3 is 15.5 Å². The fourth-order valence-corrected chi connectivity index (χ4v) is 2.57. The second-order valence-corrected chi connectivity index (χ2v) is 5.69. The number of hydrogen-bond acceptors (Lipinski definition) is 6. The van der Waals surface area contributed by atoms with Gasteiger partial charge in [0.05, 0.1) is 5.39 Å². The monoisotopic (exact) mass is 265 g/mol. The van der Waals surface area contributed by atoms with Crippen LogP contribution in [0.1, 0.15) is 4.88 Å². The van der Waals surface area contributed by atoms with Gasteiger partial charge in [0.15, 0.2) is 0 Å². The van der Waals surface area contributed by atoms with E-state index in [2.05, 4.69) is 52.6 Å². The second kappa shape index (κ2) is 5.49. The highest BCUT2D eigenvalue weighted by Crippen LogP contribution is 2.29. The van der Waals surface area contributed by atoms with E-state index in [-0.39, 0.29) is 0 Å². The summed E-state index contributed by atoms with van der Waals surface area (Å²) in [5, 5.41) is 7.49. The predicted molar refractivity (Wildman–Crippen MR) is 78.7 cm³/mol. The molecule has 0 unspecified atom stereocenters. The SMILES string of the molecule is CNc1nc(NCCN(C)C)c2cc(C)sc2n1. The van der Waals surface area contributed by atoms with Crippen molar-refractivity contribution in [1.29, 1.82) is 0 Å². The van der Waals surface area contributed by atoms with Crippen LogP contribution in [0.15, 0.2) is 6.07 Å². The molecule has 5 nitrogen and oxygen atoms in total. The number of rotatable bonds is 5. The van der Waals surface area contributed by atoms with Crippen LogP contribution in [0.4, 0.5) is 11.8 Å². The van der Waals surface area contributed by atoms with Crippen molar-refractivity contribution < 1.29 is 0 Å². The number of nitrogens with one attached hydrogen (secondary N) is 2. The first-order valence-electron chi connectivity index (χ1n) is 5.94. The van der Waals surface area contributed by atoms with E-state index in [0.717, 1.165) is 29.1 Å². The van der Waals surface area contributed by atoms with Gasteiger partial charge in [-0.05, 0) is 27.1 Å². The van der Waals surface area contributed by atoms with E-state index in [1.54, 1.807) is 11.3 Å². The van der Waals surface area contributed by atoms with E-state index in [4.69, 9.17) is 0 Å². The maximum absolute atomic E-state index is 4.48. The number of aryl methyl sites for hydroxylation is 1. The fourth-order valence-electron chi connectivity index (χ4n) is 1.69. The minimum absolute atomic E-state index is 0.664. The summed E-state index contributed by atoms with van der Waals surface area (Å²) in [7, 11) is 5.96. The van der Waals surface area contributed by atoms with Gasteiger partial charge in [-0.1, -0.05) is 0 Å². The molecule has 0 aromatic carbocycles. The fraction of sp³-hybridized carbons (Fsp3) is 0.500. The van der Waals surface area contributed by atoms with E-state index in [0.29, 0.717) is 5.95 Å². The molecule has 18 heavy (non-hydrogen) atoms. The van der Waals surface area contributed by atoms with Crippen LogP contribution >= 0.6 is 11.3 Å². The average molecular weight is 265 g/mol. The van der Waals surface area contributed by atoms with E-state index in [1.807, 2.05) is 7.05 Å². The van der Waals surface area contributed by atoms with E-state index in [9.17, 15) is 0 Å². The first-order chi connectivity index (χ1) is 8.60. The van der Waals surface area contributed by atoms with Crippen LogP contribution in [-0.4, -0.2) is 49.1 Å². The van der Waals surface area contributed by atoms with Crippen LogP contribution in [0.3, 0.4) is 0 Å². The summed E-state index contributed by atoms with van der Waals surface area (Å²) in [4.78, 5) is 13.4. The van der Waals surface area contributed by atoms with Gasteiger partial charge in [0.2, 0.25) is 5.95 Å². The van der Waals surface area contributed by atoms with Crippen molar-refractivity contribution >= 4 is 33.3 Å². The molecule has 0 bridgehead atoms. The highest BCUT2D eigenvalue weighted by molar-refractivity contribution is 7.18. The normalized spacial score (nSPS) is 11.2. The molecule has 2 N–H and O–H groups in total. The predicted octanol–water partition coefficient (Wildman–Crippen LogP) is 2.01. The van der Waals surface area contributed by atoms with Crippen molar-refractivity contribution in [3.05, 3.63) is 10.9 Å². The van der Waals surface area contributed by atoms with Gasteiger partial charge in [-0.25, -0.2) is 4.98 Å². The van der Waals surface area contributed by atoms with Crippen LogP contribution in [0, 0.1) is 6.92 Å². The standard InChI is InChI=1S/C12H19N5S/c1-8-7-9-10(14-5-6-17(3)4)15-12(13-2)16-11(9)18-8/h7H,5-6H2,1-4H3,(H2,13,14,15,16). The molecule has 2 aromatic heterocycles. The molecule has 0 atom stereocenters. The quantitative estimate of drug-likeness (QED) is 0.866. The molecular weight excluding hydrogens is 246 g/mol. The van der Waals surface area contributed by atoms with Gasteiger partial charge in [0, 0.05) is 25.0 Å². The minimum Gasteiger partial charge on any atom is -0.368 e. The smallest absolute Gasteiger partial charge is 0.225 e. The summed E-state index contributed by atoms with van der Waals surface area (Å²) in [5.74, 6) is 1.58. The number of thiophene rings is 1. The molecule has 2 aromatic rings. The topological polar surface area (TPSA) is 53.1 Å². The molecular formula is C12H19N5S. The van der Waals surface area contributed by atoms with Crippen LogP contribution in [0.2, 0.25) is 0 Å². The average Bonchev–Trinajstić information content (AvgIpc) is 2.68. The summed E-state index contributed by atoms with van der Waals surface area (Å²) < 4.78 is 0. The number of nitrogens with zero attached hydrogens (tertiary/aromatic N) is 3. The summed E-state index contributed by atoms with van der Waals surface area (Å²) >= 11 is 1.69. The molecule has 0 spiro atoms. The maximum Gasteiger partial charge on any atom is 0.225 e. The lowest BCUT2D eigenvalue weighted by Gasteiger charge is -2.12. The third-order valence-electron chi connectivity index (χ3n) is 2.59. The Morgan fingerprint density at radius 1 is 1.33 bits per heavy atom. The van der Waals surface area contributed by atoms with Crippen molar-refractivity contribution in [3.8, 4) is 0 Å². The number of anilines is 2. The molecule has 2 heterocycles. The van der Waals surface area contributed by atoms with Gasteiger partial charge in [-0.3, -0.25) is 0 Å².